The minimum Gasteiger partial charge on any atom is -0.504 e. The standard InChI is InChI=1S/C12H12ClN3O6/c13-7-5(1-2-6(17)9(7)19)8(18)10(20)15-16-4-3-14-11(21)12(16)22/h1-2,11,14,17,19,21H,3-4H2,(H,15,20). The van der Waals surface area contributed by atoms with Crippen molar-refractivity contribution >= 4 is 29.2 Å². The third kappa shape index (κ3) is 2.96. The highest BCUT2D eigenvalue weighted by Gasteiger charge is 2.30. The molecule has 0 radical (unpaired) electrons. The second-order valence-corrected chi connectivity index (χ2v) is 4.79. The Kier molecular flexibility index (Phi) is 4.50. The van der Waals surface area contributed by atoms with E-state index in [1.54, 1.807) is 0 Å². The molecule has 5 N–H and O–H groups in total. The van der Waals surface area contributed by atoms with Crippen molar-refractivity contribution in [3.63, 3.8) is 0 Å². The molecule has 0 bridgehead atoms. The summed E-state index contributed by atoms with van der Waals surface area (Å²) in [6, 6.07) is 2.06. The number of ketones is 1. The molecule has 118 valence electrons. The van der Waals surface area contributed by atoms with Gasteiger partial charge in [0.2, 0.25) is 0 Å². The number of nitrogens with one attached hydrogen (secondary N) is 2. The molecule has 0 spiro atoms. The van der Waals surface area contributed by atoms with Crippen LogP contribution in [-0.4, -0.2) is 57.2 Å². The molecule has 1 saturated heterocycles. The fourth-order valence-electron chi connectivity index (χ4n) is 1.79. The summed E-state index contributed by atoms with van der Waals surface area (Å²) >= 11 is 5.69. The Morgan fingerprint density at radius 2 is 2.05 bits per heavy atom. The highest BCUT2D eigenvalue weighted by molar-refractivity contribution is 6.47. The Hall–Kier alpha value is -2.36. The number of hydrazine groups is 1. The molecule has 2 amide bonds. The van der Waals surface area contributed by atoms with Crippen LogP contribution in [0.2, 0.25) is 5.02 Å². The van der Waals surface area contributed by atoms with Gasteiger partial charge in [-0.15, -0.1) is 0 Å². The first kappa shape index (κ1) is 16.0. The van der Waals surface area contributed by atoms with Crippen LogP contribution in [0.3, 0.4) is 0 Å². The van der Waals surface area contributed by atoms with Crippen LogP contribution in [0.1, 0.15) is 10.4 Å². The lowest BCUT2D eigenvalue weighted by molar-refractivity contribution is -0.152. The van der Waals surface area contributed by atoms with Crippen LogP contribution in [0, 0.1) is 0 Å². The number of aliphatic hydroxyl groups excluding tert-OH is 1. The van der Waals surface area contributed by atoms with Crippen molar-refractivity contribution in [2.24, 2.45) is 0 Å². The first-order valence-corrected chi connectivity index (χ1v) is 6.49. The van der Waals surface area contributed by atoms with Gasteiger partial charge in [-0.2, -0.15) is 0 Å². The normalized spacial score (nSPS) is 18.2. The molecule has 1 aromatic carbocycles. The molecule has 1 aliphatic heterocycles. The van der Waals surface area contributed by atoms with Gasteiger partial charge in [-0.05, 0) is 12.1 Å². The lowest BCUT2D eigenvalue weighted by Gasteiger charge is -2.30. The number of rotatable bonds is 3. The summed E-state index contributed by atoms with van der Waals surface area (Å²) in [5.41, 5.74) is 1.72. The zero-order valence-corrected chi connectivity index (χ0v) is 11.8. The predicted molar refractivity (Wildman–Crippen MR) is 73.0 cm³/mol. The van der Waals surface area contributed by atoms with Crippen molar-refractivity contribution in [2.75, 3.05) is 13.1 Å². The van der Waals surface area contributed by atoms with Crippen LogP contribution >= 0.6 is 11.6 Å². The predicted octanol–water partition coefficient (Wildman–Crippen LogP) is -1.28. The minimum absolute atomic E-state index is 0.0590. The number of aromatic hydroxyl groups is 2. The average Bonchev–Trinajstić information content (AvgIpc) is 2.49. The van der Waals surface area contributed by atoms with E-state index in [1.165, 1.54) is 0 Å². The van der Waals surface area contributed by atoms with Crippen molar-refractivity contribution in [2.45, 2.75) is 6.23 Å². The molecule has 0 aromatic heterocycles. The number of hydrogen-bond acceptors (Lipinski definition) is 7. The van der Waals surface area contributed by atoms with Gasteiger partial charge < -0.3 is 15.3 Å². The molecule has 1 aliphatic rings. The van der Waals surface area contributed by atoms with Gasteiger partial charge in [-0.3, -0.25) is 25.1 Å². The van der Waals surface area contributed by atoms with E-state index in [-0.39, 0.29) is 18.7 Å². The lowest BCUT2D eigenvalue weighted by atomic mass is 10.1. The van der Waals surface area contributed by atoms with E-state index < -0.39 is 40.3 Å². The van der Waals surface area contributed by atoms with Gasteiger partial charge in [0.1, 0.15) is 0 Å². The van der Waals surface area contributed by atoms with E-state index in [2.05, 4.69) is 10.7 Å². The Bertz CT molecular complexity index is 650. The van der Waals surface area contributed by atoms with E-state index in [9.17, 15) is 29.7 Å². The summed E-state index contributed by atoms with van der Waals surface area (Å²) in [6.45, 7) is 0.283. The maximum absolute atomic E-state index is 12.0. The van der Waals surface area contributed by atoms with Gasteiger partial charge in [-0.25, -0.2) is 5.01 Å². The molecular weight excluding hydrogens is 318 g/mol. The topological polar surface area (TPSA) is 139 Å². The van der Waals surface area contributed by atoms with Gasteiger partial charge >= 0.3 is 5.91 Å². The van der Waals surface area contributed by atoms with Crippen LogP contribution in [0.4, 0.5) is 0 Å². The number of halogens is 1. The van der Waals surface area contributed by atoms with Crippen molar-refractivity contribution in [1.29, 1.82) is 0 Å². The largest absolute Gasteiger partial charge is 0.504 e. The van der Waals surface area contributed by atoms with Crippen molar-refractivity contribution < 1.29 is 29.7 Å². The number of piperazine rings is 1. The Morgan fingerprint density at radius 3 is 2.73 bits per heavy atom. The fourth-order valence-corrected chi connectivity index (χ4v) is 2.04. The fraction of sp³-hybridized carbons (Fsp3) is 0.250. The van der Waals surface area contributed by atoms with Gasteiger partial charge in [0.15, 0.2) is 17.7 Å². The van der Waals surface area contributed by atoms with Crippen LogP contribution in [0.25, 0.3) is 0 Å². The van der Waals surface area contributed by atoms with Crippen LogP contribution in [0.15, 0.2) is 12.1 Å². The number of aliphatic hydroxyl groups is 1. The van der Waals surface area contributed by atoms with Crippen LogP contribution in [0.5, 0.6) is 11.5 Å². The molecule has 1 atom stereocenters. The summed E-state index contributed by atoms with van der Waals surface area (Å²) in [6.07, 6.45) is -1.47. The third-order valence-electron chi connectivity index (χ3n) is 2.96. The van der Waals surface area contributed by atoms with Gasteiger partial charge in [0.25, 0.3) is 11.7 Å². The van der Waals surface area contributed by atoms with E-state index in [1.807, 2.05) is 0 Å². The zero-order valence-electron chi connectivity index (χ0n) is 11.0. The highest BCUT2D eigenvalue weighted by atomic mass is 35.5. The summed E-state index contributed by atoms with van der Waals surface area (Å²) in [7, 11) is 0. The Labute approximate surface area is 129 Å². The second-order valence-electron chi connectivity index (χ2n) is 4.41. The molecule has 1 heterocycles. The van der Waals surface area contributed by atoms with E-state index in [4.69, 9.17) is 11.6 Å². The molecule has 22 heavy (non-hydrogen) atoms. The average molecular weight is 330 g/mol. The molecule has 0 aliphatic carbocycles. The Balaban J connectivity index is 2.15. The number of carbonyl (C=O) groups is 3. The number of carbonyl (C=O) groups excluding carboxylic acids is 3. The number of phenols is 2. The molecule has 0 saturated carbocycles. The number of benzene rings is 1. The SMILES string of the molecule is O=C(NN1CCNC(O)C1=O)C(=O)c1ccc(O)c(O)c1Cl. The third-order valence-corrected chi connectivity index (χ3v) is 3.34. The summed E-state index contributed by atoms with van der Waals surface area (Å²) in [5.74, 6) is -4.36. The Morgan fingerprint density at radius 1 is 1.36 bits per heavy atom. The number of Topliss-reactive ketones (excluding diaryl/α,β-unsaturated/α-hetero) is 1. The number of amides is 2. The first-order valence-electron chi connectivity index (χ1n) is 6.11. The number of hydrogen-bond donors (Lipinski definition) is 5. The first-order chi connectivity index (χ1) is 10.3. The summed E-state index contributed by atoms with van der Waals surface area (Å²) < 4.78 is 0. The van der Waals surface area contributed by atoms with E-state index in [0.29, 0.717) is 0 Å². The van der Waals surface area contributed by atoms with Crippen molar-refractivity contribution in [3.8, 4) is 11.5 Å². The van der Waals surface area contributed by atoms with E-state index >= 15 is 0 Å². The van der Waals surface area contributed by atoms with Crippen molar-refractivity contribution in [1.82, 2.24) is 15.8 Å². The van der Waals surface area contributed by atoms with Crippen LogP contribution in [-0.2, 0) is 9.59 Å². The zero-order chi connectivity index (χ0) is 16.4. The molecule has 2 rings (SSSR count). The lowest BCUT2D eigenvalue weighted by Crippen LogP contribution is -2.61. The highest BCUT2D eigenvalue weighted by Crippen LogP contribution is 2.35. The van der Waals surface area contributed by atoms with Crippen molar-refractivity contribution in [3.05, 3.63) is 22.7 Å². The molecule has 1 fully saturated rings. The summed E-state index contributed by atoms with van der Waals surface area (Å²) in [4.78, 5) is 35.4. The maximum Gasteiger partial charge on any atom is 0.311 e. The second kappa shape index (κ2) is 6.18. The molecule has 10 heteroatoms. The van der Waals surface area contributed by atoms with Gasteiger partial charge in [-0.1, -0.05) is 11.6 Å². The molecule has 9 nitrogen and oxygen atoms in total. The van der Waals surface area contributed by atoms with Crippen LogP contribution < -0.4 is 10.7 Å². The number of nitrogens with zero attached hydrogens (tertiary/aromatic N) is 1. The quantitative estimate of drug-likeness (QED) is 0.264. The number of phenolic OH excluding ortho intramolecular Hbond substituents is 2. The molecular formula is C12H12ClN3O6. The molecule has 1 unspecified atom stereocenters. The monoisotopic (exact) mass is 329 g/mol. The summed E-state index contributed by atoms with van der Waals surface area (Å²) in [5, 5.41) is 30.8. The van der Waals surface area contributed by atoms with E-state index in [0.717, 1.165) is 17.1 Å². The smallest absolute Gasteiger partial charge is 0.311 e. The van der Waals surface area contributed by atoms with Gasteiger partial charge in [0.05, 0.1) is 17.1 Å². The minimum atomic E-state index is -1.47. The maximum atomic E-state index is 12.0. The molecule has 1 aromatic rings. The van der Waals surface area contributed by atoms with Gasteiger partial charge in [0, 0.05) is 6.54 Å².